The average Bonchev–Trinajstić information content (AvgIpc) is 3.44. The molecule has 0 saturated heterocycles. The smallest absolute Gasteiger partial charge is 0.322 e. The van der Waals surface area contributed by atoms with E-state index in [2.05, 4.69) is 15.5 Å². The second-order valence-corrected chi connectivity index (χ2v) is 6.82. The van der Waals surface area contributed by atoms with E-state index in [0.29, 0.717) is 5.56 Å². The standard InChI is InChI=1S/C21H13F6N5O/c22-20(23,24)17-12-18(21(25,26)27)32(30-17)16-8-4-14(5-9-16)29-19(33)13-2-6-15(7-3-13)31-11-1-10-28-31/h1-12H,(H,29,33). The molecule has 0 bridgehead atoms. The van der Waals surface area contributed by atoms with E-state index < -0.39 is 29.6 Å². The molecule has 0 unspecified atom stereocenters. The van der Waals surface area contributed by atoms with Crippen LogP contribution in [0.3, 0.4) is 0 Å². The minimum absolute atomic E-state index is 0.0530. The van der Waals surface area contributed by atoms with Gasteiger partial charge in [0.2, 0.25) is 0 Å². The fourth-order valence-corrected chi connectivity index (χ4v) is 2.99. The highest BCUT2D eigenvalue weighted by Gasteiger charge is 2.42. The van der Waals surface area contributed by atoms with Crippen molar-refractivity contribution in [2.45, 2.75) is 12.4 Å². The maximum Gasteiger partial charge on any atom is 0.435 e. The van der Waals surface area contributed by atoms with Crippen LogP contribution in [0.4, 0.5) is 32.0 Å². The molecule has 0 atom stereocenters. The summed E-state index contributed by atoms with van der Waals surface area (Å²) in [4.78, 5) is 12.4. The molecular formula is C21H13F6N5O. The fraction of sp³-hybridized carbons (Fsp3) is 0.0952. The van der Waals surface area contributed by atoms with Crippen molar-refractivity contribution >= 4 is 11.6 Å². The van der Waals surface area contributed by atoms with Gasteiger partial charge in [-0.2, -0.15) is 36.5 Å². The lowest BCUT2D eigenvalue weighted by Crippen LogP contribution is -2.14. The molecule has 0 aliphatic carbocycles. The van der Waals surface area contributed by atoms with Gasteiger partial charge < -0.3 is 5.32 Å². The van der Waals surface area contributed by atoms with Crippen LogP contribution in [0.5, 0.6) is 0 Å². The quantitative estimate of drug-likeness (QED) is 0.414. The molecule has 0 aliphatic rings. The van der Waals surface area contributed by atoms with Gasteiger partial charge in [-0.15, -0.1) is 0 Å². The molecule has 1 amide bonds. The van der Waals surface area contributed by atoms with Gasteiger partial charge in [0.05, 0.1) is 11.4 Å². The average molecular weight is 465 g/mol. The molecule has 12 heteroatoms. The van der Waals surface area contributed by atoms with E-state index in [1.165, 1.54) is 12.1 Å². The van der Waals surface area contributed by atoms with Gasteiger partial charge in [-0.3, -0.25) is 4.79 Å². The summed E-state index contributed by atoms with van der Waals surface area (Å²) in [6.07, 6.45) is -6.74. The Morgan fingerprint density at radius 2 is 1.48 bits per heavy atom. The van der Waals surface area contributed by atoms with Crippen LogP contribution >= 0.6 is 0 Å². The van der Waals surface area contributed by atoms with Crippen LogP contribution < -0.4 is 5.32 Å². The van der Waals surface area contributed by atoms with Crippen LogP contribution in [-0.2, 0) is 12.4 Å². The number of rotatable bonds is 4. The second kappa shape index (κ2) is 8.11. The number of benzene rings is 2. The first-order chi connectivity index (χ1) is 15.5. The summed E-state index contributed by atoms with van der Waals surface area (Å²) in [5, 5.41) is 9.71. The lowest BCUT2D eigenvalue weighted by atomic mass is 10.2. The number of carbonyl (C=O) groups excluding carboxylic acids is 1. The van der Waals surface area contributed by atoms with Crippen molar-refractivity contribution in [1.82, 2.24) is 19.6 Å². The molecular weight excluding hydrogens is 452 g/mol. The Bertz CT molecular complexity index is 1260. The summed E-state index contributed by atoms with van der Waals surface area (Å²) >= 11 is 0. The van der Waals surface area contributed by atoms with Crippen molar-refractivity contribution in [2.75, 3.05) is 5.32 Å². The predicted octanol–water partition coefficient (Wildman–Crippen LogP) is 5.35. The largest absolute Gasteiger partial charge is 0.435 e. The van der Waals surface area contributed by atoms with Crippen LogP contribution in [0.15, 0.2) is 73.1 Å². The number of hydrogen-bond acceptors (Lipinski definition) is 3. The van der Waals surface area contributed by atoms with E-state index in [4.69, 9.17) is 0 Å². The third-order valence-electron chi connectivity index (χ3n) is 4.56. The number of halogens is 6. The molecule has 2 aromatic heterocycles. The van der Waals surface area contributed by atoms with Gasteiger partial charge in [0.1, 0.15) is 5.69 Å². The lowest BCUT2D eigenvalue weighted by molar-refractivity contribution is -0.143. The Kier molecular flexibility index (Phi) is 5.44. The number of alkyl halides is 6. The predicted molar refractivity (Wildman–Crippen MR) is 105 cm³/mol. The molecule has 0 spiro atoms. The van der Waals surface area contributed by atoms with Crippen LogP contribution in [-0.4, -0.2) is 25.5 Å². The van der Waals surface area contributed by atoms with Gasteiger partial charge in [-0.05, 0) is 54.6 Å². The molecule has 170 valence electrons. The number of carbonyl (C=O) groups is 1. The summed E-state index contributed by atoms with van der Waals surface area (Å²) in [6.45, 7) is 0. The Labute approximate surface area is 182 Å². The van der Waals surface area contributed by atoms with Gasteiger partial charge in [-0.25, -0.2) is 9.36 Å². The highest BCUT2D eigenvalue weighted by atomic mass is 19.4. The summed E-state index contributed by atoms with van der Waals surface area (Å²) in [6, 6.07) is 13.0. The summed E-state index contributed by atoms with van der Waals surface area (Å²) in [7, 11) is 0. The number of aromatic nitrogens is 4. The zero-order valence-electron chi connectivity index (χ0n) is 16.4. The zero-order chi connectivity index (χ0) is 23.8. The Balaban J connectivity index is 1.53. The van der Waals surface area contributed by atoms with Crippen molar-refractivity contribution in [2.24, 2.45) is 0 Å². The van der Waals surface area contributed by atoms with E-state index in [1.807, 2.05) is 0 Å². The maximum atomic E-state index is 13.2. The first-order valence-electron chi connectivity index (χ1n) is 9.29. The number of amides is 1. The zero-order valence-corrected chi connectivity index (χ0v) is 16.4. The molecule has 4 rings (SSSR count). The number of nitrogens with zero attached hydrogens (tertiary/aromatic N) is 4. The summed E-state index contributed by atoms with van der Waals surface area (Å²) in [5.41, 5.74) is -2.19. The van der Waals surface area contributed by atoms with Crippen molar-refractivity contribution in [3.63, 3.8) is 0 Å². The molecule has 2 aromatic carbocycles. The Hall–Kier alpha value is -4.09. The molecule has 4 aromatic rings. The highest BCUT2D eigenvalue weighted by Crippen LogP contribution is 2.36. The molecule has 0 fully saturated rings. The molecule has 0 aliphatic heterocycles. The molecule has 1 N–H and O–H groups in total. The van der Waals surface area contributed by atoms with Crippen molar-refractivity contribution in [3.8, 4) is 11.4 Å². The third-order valence-corrected chi connectivity index (χ3v) is 4.56. The van der Waals surface area contributed by atoms with Crippen LogP contribution in [0.25, 0.3) is 11.4 Å². The highest BCUT2D eigenvalue weighted by molar-refractivity contribution is 6.04. The lowest BCUT2D eigenvalue weighted by Gasteiger charge is -2.11. The van der Waals surface area contributed by atoms with Crippen LogP contribution in [0.1, 0.15) is 21.7 Å². The van der Waals surface area contributed by atoms with Gasteiger partial charge in [0.25, 0.3) is 5.91 Å². The molecule has 33 heavy (non-hydrogen) atoms. The van der Waals surface area contributed by atoms with E-state index in [9.17, 15) is 31.1 Å². The van der Waals surface area contributed by atoms with E-state index in [0.717, 1.165) is 17.8 Å². The molecule has 0 saturated carbocycles. The SMILES string of the molecule is O=C(Nc1ccc(-n2nc(C(F)(F)F)cc2C(F)(F)F)cc1)c1ccc(-n2cccn2)cc1. The topological polar surface area (TPSA) is 64.7 Å². The summed E-state index contributed by atoms with van der Waals surface area (Å²) in [5.74, 6) is -0.482. The van der Waals surface area contributed by atoms with Gasteiger partial charge in [-0.1, -0.05) is 0 Å². The third kappa shape index (κ3) is 4.73. The first kappa shape index (κ1) is 22.1. The second-order valence-electron chi connectivity index (χ2n) is 6.82. The van der Waals surface area contributed by atoms with Crippen molar-refractivity contribution in [1.29, 1.82) is 0 Å². The number of anilines is 1. The molecule has 0 radical (unpaired) electrons. The molecule has 6 nitrogen and oxygen atoms in total. The van der Waals surface area contributed by atoms with E-state index in [1.54, 1.807) is 47.4 Å². The van der Waals surface area contributed by atoms with E-state index in [-0.39, 0.29) is 22.1 Å². The minimum Gasteiger partial charge on any atom is -0.322 e. The summed E-state index contributed by atoms with van der Waals surface area (Å²) < 4.78 is 80.0. The normalized spacial score (nSPS) is 12.1. The van der Waals surface area contributed by atoms with Gasteiger partial charge >= 0.3 is 12.4 Å². The van der Waals surface area contributed by atoms with Crippen LogP contribution in [0.2, 0.25) is 0 Å². The first-order valence-corrected chi connectivity index (χ1v) is 9.29. The van der Waals surface area contributed by atoms with Crippen molar-refractivity contribution < 1.29 is 31.1 Å². The number of nitrogens with one attached hydrogen (secondary N) is 1. The Morgan fingerprint density at radius 1 is 0.848 bits per heavy atom. The maximum absolute atomic E-state index is 13.2. The number of hydrogen-bond donors (Lipinski definition) is 1. The van der Waals surface area contributed by atoms with Crippen molar-refractivity contribution in [3.05, 3.63) is 90.0 Å². The monoisotopic (exact) mass is 465 g/mol. The van der Waals surface area contributed by atoms with E-state index >= 15 is 0 Å². The van der Waals surface area contributed by atoms with Gasteiger partial charge in [0.15, 0.2) is 5.69 Å². The Morgan fingerprint density at radius 3 is 2.03 bits per heavy atom. The fourth-order valence-electron chi connectivity index (χ4n) is 2.99. The minimum atomic E-state index is -5.05. The van der Waals surface area contributed by atoms with Gasteiger partial charge in [0, 0.05) is 29.7 Å². The molecule has 2 heterocycles. The van der Waals surface area contributed by atoms with Crippen LogP contribution in [0, 0.1) is 0 Å².